The number of aromatic nitrogens is 1. The number of halogens is 1. The van der Waals surface area contributed by atoms with Crippen molar-refractivity contribution in [2.24, 2.45) is 0 Å². The first-order valence-corrected chi connectivity index (χ1v) is 10.6. The summed E-state index contributed by atoms with van der Waals surface area (Å²) in [6, 6.07) is 16.8. The molecule has 29 heavy (non-hydrogen) atoms. The van der Waals surface area contributed by atoms with E-state index in [1.807, 2.05) is 61.5 Å². The average Bonchev–Trinajstić information content (AvgIpc) is 3.00. The second kappa shape index (κ2) is 8.35. The number of amides is 2. The lowest BCUT2D eigenvalue weighted by Gasteiger charge is -2.29. The summed E-state index contributed by atoms with van der Waals surface area (Å²) in [5, 5.41) is 4.26. The van der Waals surface area contributed by atoms with Crippen LogP contribution in [0, 0.1) is 6.92 Å². The van der Waals surface area contributed by atoms with Crippen LogP contribution < -0.4 is 5.32 Å². The van der Waals surface area contributed by atoms with Gasteiger partial charge in [0.2, 0.25) is 5.91 Å². The predicted octanol–water partition coefficient (Wildman–Crippen LogP) is 4.48. The van der Waals surface area contributed by atoms with Crippen molar-refractivity contribution >= 4 is 34.8 Å². The lowest BCUT2D eigenvalue weighted by Crippen LogP contribution is -2.36. The first-order valence-electron chi connectivity index (χ1n) is 9.39. The van der Waals surface area contributed by atoms with Crippen molar-refractivity contribution in [3.63, 3.8) is 0 Å². The molecule has 1 saturated heterocycles. The Morgan fingerprint density at radius 2 is 2.00 bits per heavy atom. The van der Waals surface area contributed by atoms with Gasteiger partial charge in [-0.2, -0.15) is 0 Å². The number of rotatable bonds is 3. The SMILES string of the molecule is Cc1nc(-c2cccc(Cl)c2)sc1C(=O)N1CCNC(=O)C[C@@H]1c1ccccc1. The summed E-state index contributed by atoms with van der Waals surface area (Å²) in [4.78, 5) is 32.7. The van der Waals surface area contributed by atoms with Gasteiger partial charge in [0, 0.05) is 23.7 Å². The molecule has 7 heteroatoms. The van der Waals surface area contributed by atoms with Crippen molar-refractivity contribution in [2.75, 3.05) is 13.1 Å². The summed E-state index contributed by atoms with van der Waals surface area (Å²) in [5.74, 6) is -0.145. The van der Waals surface area contributed by atoms with Gasteiger partial charge in [-0.3, -0.25) is 9.59 Å². The normalized spacial score (nSPS) is 17.0. The van der Waals surface area contributed by atoms with Gasteiger partial charge in [0.1, 0.15) is 9.88 Å². The summed E-state index contributed by atoms with van der Waals surface area (Å²) in [6.07, 6.45) is 0.245. The van der Waals surface area contributed by atoms with Gasteiger partial charge in [0.25, 0.3) is 5.91 Å². The summed E-state index contributed by atoms with van der Waals surface area (Å²) >= 11 is 7.47. The molecule has 0 unspecified atom stereocenters. The molecule has 5 nitrogen and oxygen atoms in total. The molecule has 1 N–H and O–H groups in total. The molecular weight excluding hydrogens is 406 g/mol. The second-order valence-corrected chi connectivity index (χ2v) is 8.36. The van der Waals surface area contributed by atoms with Crippen LogP contribution >= 0.6 is 22.9 Å². The van der Waals surface area contributed by atoms with E-state index in [1.54, 1.807) is 4.90 Å². The van der Waals surface area contributed by atoms with Crippen LogP contribution in [0.5, 0.6) is 0 Å². The molecule has 0 radical (unpaired) electrons. The molecule has 0 spiro atoms. The summed E-state index contributed by atoms with van der Waals surface area (Å²) < 4.78 is 0. The Bertz CT molecular complexity index is 1050. The van der Waals surface area contributed by atoms with Gasteiger partial charge >= 0.3 is 0 Å². The van der Waals surface area contributed by atoms with Gasteiger partial charge in [-0.25, -0.2) is 4.98 Å². The highest BCUT2D eigenvalue weighted by Crippen LogP contribution is 2.33. The van der Waals surface area contributed by atoms with Crippen molar-refractivity contribution in [1.82, 2.24) is 15.2 Å². The maximum absolute atomic E-state index is 13.5. The van der Waals surface area contributed by atoms with E-state index in [0.717, 1.165) is 16.1 Å². The molecule has 1 aliphatic rings. The molecule has 1 aliphatic heterocycles. The predicted molar refractivity (Wildman–Crippen MR) is 115 cm³/mol. The Morgan fingerprint density at radius 3 is 2.76 bits per heavy atom. The van der Waals surface area contributed by atoms with Crippen LogP contribution in [0.25, 0.3) is 10.6 Å². The maximum Gasteiger partial charge on any atom is 0.266 e. The highest BCUT2D eigenvalue weighted by atomic mass is 35.5. The van der Waals surface area contributed by atoms with Gasteiger partial charge in [0.15, 0.2) is 0 Å². The molecule has 1 atom stereocenters. The summed E-state index contributed by atoms with van der Waals surface area (Å²) in [6.45, 7) is 2.73. The monoisotopic (exact) mass is 425 g/mol. The van der Waals surface area contributed by atoms with Crippen LogP contribution in [0.15, 0.2) is 54.6 Å². The molecule has 0 bridgehead atoms. The fraction of sp³-hybridized carbons (Fsp3) is 0.227. The molecule has 2 amide bonds. The fourth-order valence-corrected chi connectivity index (χ4v) is 4.72. The number of hydrogen-bond donors (Lipinski definition) is 1. The van der Waals surface area contributed by atoms with Crippen molar-refractivity contribution in [3.05, 3.63) is 75.8 Å². The average molecular weight is 426 g/mol. The van der Waals surface area contributed by atoms with Crippen molar-refractivity contribution in [3.8, 4) is 10.6 Å². The minimum Gasteiger partial charge on any atom is -0.354 e. The van der Waals surface area contributed by atoms with E-state index in [0.29, 0.717) is 28.7 Å². The third-order valence-corrected chi connectivity index (χ3v) is 6.37. The van der Waals surface area contributed by atoms with Crippen molar-refractivity contribution < 1.29 is 9.59 Å². The number of nitrogens with zero attached hydrogens (tertiary/aromatic N) is 2. The zero-order chi connectivity index (χ0) is 20.4. The molecule has 1 aromatic heterocycles. The smallest absolute Gasteiger partial charge is 0.266 e. The third kappa shape index (κ3) is 4.18. The standard InChI is InChI=1S/C22H20ClN3O2S/c1-14-20(29-21(25-14)16-8-5-9-17(23)12-16)22(28)26-11-10-24-19(27)13-18(26)15-6-3-2-4-7-15/h2-9,12,18H,10-11,13H2,1H3,(H,24,27)/t18-/m1/s1. The largest absolute Gasteiger partial charge is 0.354 e. The summed E-state index contributed by atoms with van der Waals surface area (Å²) in [5.41, 5.74) is 2.53. The molecular formula is C22H20ClN3O2S. The van der Waals surface area contributed by atoms with E-state index in [4.69, 9.17) is 11.6 Å². The molecule has 4 rings (SSSR count). The highest BCUT2D eigenvalue weighted by molar-refractivity contribution is 7.17. The second-order valence-electron chi connectivity index (χ2n) is 6.92. The minimum atomic E-state index is -0.303. The first-order chi connectivity index (χ1) is 14.0. The minimum absolute atomic E-state index is 0.0465. The zero-order valence-electron chi connectivity index (χ0n) is 15.9. The Morgan fingerprint density at radius 1 is 1.21 bits per heavy atom. The highest BCUT2D eigenvalue weighted by Gasteiger charge is 2.32. The van der Waals surface area contributed by atoms with E-state index in [9.17, 15) is 9.59 Å². The van der Waals surface area contributed by atoms with Crippen LogP contribution in [0.2, 0.25) is 5.02 Å². The maximum atomic E-state index is 13.5. The number of nitrogens with one attached hydrogen (secondary N) is 1. The number of carbonyl (C=O) groups is 2. The lowest BCUT2D eigenvalue weighted by molar-refractivity contribution is -0.121. The number of hydrogen-bond acceptors (Lipinski definition) is 4. The van der Waals surface area contributed by atoms with Crippen LogP contribution in [-0.4, -0.2) is 34.8 Å². The molecule has 1 fully saturated rings. The van der Waals surface area contributed by atoms with Gasteiger partial charge in [-0.15, -0.1) is 11.3 Å². The number of benzene rings is 2. The van der Waals surface area contributed by atoms with E-state index in [2.05, 4.69) is 10.3 Å². The summed E-state index contributed by atoms with van der Waals surface area (Å²) in [7, 11) is 0. The number of thiazole rings is 1. The fourth-order valence-electron chi connectivity index (χ4n) is 3.52. The van der Waals surface area contributed by atoms with Crippen LogP contribution in [0.3, 0.4) is 0 Å². The van der Waals surface area contributed by atoms with Gasteiger partial charge < -0.3 is 10.2 Å². The van der Waals surface area contributed by atoms with E-state index >= 15 is 0 Å². The van der Waals surface area contributed by atoms with Crippen LogP contribution in [0.4, 0.5) is 0 Å². The molecule has 0 aliphatic carbocycles. The molecule has 3 aromatic rings. The van der Waals surface area contributed by atoms with Gasteiger partial charge in [0.05, 0.1) is 18.2 Å². The first kappa shape index (κ1) is 19.6. The van der Waals surface area contributed by atoms with Crippen LogP contribution in [0.1, 0.15) is 33.4 Å². The zero-order valence-corrected chi connectivity index (χ0v) is 17.5. The van der Waals surface area contributed by atoms with Crippen molar-refractivity contribution in [1.29, 1.82) is 0 Å². The van der Waals surface area contributed by atoms with Crippen LogP contribution in [-0.2, 0) is 4.79 Å². The van der Waals surface area contributed by atoms with Gasteiger partial charge in [-0.05, 0) is 24.6 Å². The Kier molecular flexibility index (Phi) is 5.65. The third-order valence-electron chi connectivity index (χ3n) is 4.94. The molecule has 2 aromatic carbocycles. The Balaban J connectivity index is 1.69. The van der Waals surface area contributed by atoms with E-state index < -0.39 is 0 Å². The number of aryl methyl sites for hydroxylation is 1. The topological polar surface area (TPSA) is 62.3 Å². The Hall–Kier alpha value is -2.70. The van der Waals surface area contributed by atoms with Crippen molar-refractivity contribution in [2.45, 2.75) is 19.4 Å². The molecule has 2 heterocycles. The number of carbonyl (C=O) groups excluding carboxylic acids is 2. The van der Waals surface area contributed by atoms with E-state index in [1.165, 1.54) is 11.3 Å². The van der Waals surface area contributed by atoms with E-state index in [-0.39, 0.29) is 24.3 Å². The van der Waals surface area contributed by atoms with Gasteiger partial charge in [-0.1, -0.05) is 54.1 Å². The quantitative estimate of drug-likeness (QED) is 0.673. The Labute approximate surface area is 178 Å². The lowest BCUT2D eigenvalue weighted by atomic mass is 10.0. The molecule has 148 valence electrons. The molecule has 0 saturated carbocycles.